The lowest BCUT2D eigenvalue weighted by molar-refractivity contribution is -0.148. The predicted molar refractivity (Wildman–Crippen MR) is 45.9 cm³/mol. The summed E-state index contributed by atoms with van der Waals surface area (Å²) in [5.41, 5.74) is 0. The molecule has 1 amide bonds. The summed E-state index contributed by atoms with van der Waals surface area (Å²) in [7, 11) is 0. The van der Waals surface area contributed by atoms with Gasteiger partial charge in [-0.3, -0.25) is 4.90 Å². The first-order chi connectivity index (χ1) is 7.07. The van der Waals surface area contributed by atoms with E-state index in [0.717, 1.165) is 4.90 Å². The number of hydrogen-bond acceptors (Lipinski definition) is 6. The number of aliphatic hydroxyl groups is 4. The number of hydrogen-bond donors (Lipinski definition) is 4. The molecule has 5 unspecified atom stereocenters. The molecule has 5 atom stereocenters. The van der Waals surface area contributed by atoms with Crippen LogP contribution in [0.5, 0.6) is 0 Å². The van der Waals surface area contributed by atoms with Crippen molar-refractivity contribution >= 4 is 6.09 Å². The first-order valence-corrected chi connectivity index (χ1v) is 4.68. The van der Waals surface area contributed by atoms with Crippen LogP contribution >= 0.6 is 0 Å². The number of ether oxygens (including phenoxy) is 1. The van der Waals surface area contributed by atoms with E-state index in [4.69, 9.17) is 9.84 Å². The molecular formula is C8H13NO6. The third-order valence-corrected chi connectivity index (χ3v) is 2.98. The van der Waals surface area contributed by atoms with Crippen LogP contribution < -0.4 is 0 Å². The molecule has 0 saturated carbocycles. The molecule has 7 nitrogen and oxygen atoms in total. The Balaban J connectivity index is 2.28. The van der Waals surface area contributed by atoms with Crippen molar-refractivity contribution in [2.45, 2.75) is 30.4 Å². The summed E-state index contributed by atoms with van der Waals surface area (Å²) in [6.07, 6.45) is -4.69. The SMILES string of the molecule is O=C1OCC2C(O)C(O)C(O)C(CO)N12. The Kier molecular flexibility index (Phi) is 2.55. The highest BCUT2D eigenvalue weighted by Crippen LogP contribution is 2.29. The van der Waals surface area contributed by atoms with Crippen LogP contribution in [0.3, 0.4) is 0 Å². The van der Waals surface area contributed by atoms with Crippen molar-refractivity contribution in [3.63, 3.8) is 0 Å². The number of rotatable bonds is 1. The first kappa shape index (κ1) is 10.6. The van der Waals surface area contributed by atoms with Crippen molar-refractivity contribution in [2.24, 2.45) is 0 Å². The van der Waals surface area contributed by atoms with Gasteiger partial charge in [0, 0.05) is 0 Å². The number of carbonyl (C=O) groups is 1. The van der Waals surface area contributed by atoms with Gasteiger partial charge in [0.2, 0.25) is 0 Å². The Morgan fingerprint density at radius 3 is 2.53 bits per heavy atom. The molecule has 4 N–H and O–H groups in total. The number of nitrogens with zero attached hydrogens (tertiary/aromatic N) is 1. The van der Waals surface area contributed by atoms with Gasteiger partial charge in [0.25, 0.3) is 0 Å². The largest absolute Gasteiger partial charge is 0.447 e. The molecule has 0 spiro atoms. The van der Waals surface area contributed by atoms with E-state index >= 15 is 0 Å². The van der Waals surface area contributed by atoms with Crippen molar-refractivity contribution in [1.29, 1.82) is 0 Å². The predicted octanol–water partition coefficient (Wildman–Crippen LogP) is -2.74. The van der Waals surface area contributed by atoms with Crippen LogP contribution in [-0.2, 0) is 4.74 Å². The van der Waals surface area contributed by atoms with Crippen molar-refractivity contribution in [3.05, 3.63) is 0 Å². The number of aliphatic hydroxyl groups excluding tert-OH is 4. The number of carbonyl (C=O) groups excluding carboxylic acids is 1. The zero-order chi connectivity index (χ0) is 11.2. The van der Waals surface area contributed by atoms with Crippen molar-refractivity contribution in [2.75, 3.05) is 13.2 Å². The molecule has 2 aliphatic heterocycles. The average molecular weight is 219 g/mol. The number of cyclic esters (lactones) is 1. The Labute approximate surface area is 85.5 Å². The third-order valence-electron chi connectivity index (χ3n) is 2.98. The molecule has 0 aromatic rings. The molecule has 86 valence electrons. The van der Waals surface area contributed by atoms with Crippen LogP contribution in [-0.4, -0.2) is 75.0 Å². The maximum Gasteiger partial charge on any atom is 0.410 e. The summed E-state index contributed by atoms with van der Waals surface area (Å²) < 4.78 is 4.69. The normalized spacial score (nSPS) is 45.2. The summed E-state index contributed by atoms with van der Waals surface area (Å²) in [5.74, 6) is 0. The molecule has 0 bridgehead atoms. The maximum atomic E-state index is 11.3. The zero-order valence-corrected chi connectivity index (χ0v) is 7.85. The van der Waals surface area contributed by atoms with Gasteiger partial charge in [-0.15, -0.1) is 0 Å². The van der Waals surface area contributed by atoms with Crippen LogP contribution in [0.25, 0.3) is 0 Å². The molecule has 0 radical (unpaired) electrons. The molecule has 2 saturated heterocycles. The molecule has 2 aliphatic rings. The van der Waals surface area contributed by atoms with Gasteiger partial charge in [-0.1, -0.05) is 0 Å². The zero-order valence-electron chi connectivity index (χ0n) is 7.85. The minimum Gasteiger partial charge on any atom is -0.447 e. The Hall–Kier alpha value is -0.890. The third kappa shape index (κ3) is 1.39. The fraction of sp³-hybridized carbons (Fsp3) is 0.875. The number of fused-ring (bicyclic) bond motifs is 1. The number of piperidine rings is 1. The van der Waals surface area contributed by atoms with Gasteiger partial charge in [-0.25, -0.2) is 4.79 Å². The quantitative estimate of drug-likeness (QED) is 0.381. The highest BCUT2D eigenvalue weighted by atomic mass is 16.6. The summed E-state index contributed by atoms with van der Waals surface area (Å²) in [4.78, 5) is 12.3. The van der Waals surface area contributed by atoms with Crippen molar-refractivity contribution in [3.8, 4) is 0 Å². The molecule has 2 rings (SSSR count). The standard InChI is InChI=1S/C8H13NO6/c10-1-3-5(11)7(13)6(12)4-2-15-8(14)9(3)4/h3-7,10-13H,1-2H2. The van der Waals surface area contributed by atoms with Crippen LogP contribution in [0.2, 0.25) is 0 Å². The highest BCUT2D eigenvalue weighted by molar-refractivity contribution is 5.71. The van der Waals surface area contributed by atoms with Crippen LogP contribution in [0.1, 0.15) is 0 Å². The maximum absolute atomic E-state index is 11.3. The summed E-state index contributed by atoms with van der Waals surface area (Å²) in [6, 6.07) is -1.63. The lowest BCUT2D eigenvalue weighted by Gasteiger charge is -2.43. The minimum atomic E-state index is -1.38. The van der Waals surface area contributed by atoms with Gasteiger partial charge in [-0.05, 0) is 0 Å². The fourth-order valence-electron chi connectivity index (χ4n) is 2.11. The van der Waals surface area contributed by atoms with E-state index < -0.39 is 43.1 Å². The summed E-state index contributed by atoms with van der Waals surface area (Å²) in [6.45, 7) is -0.531. The summed E-state index contributed by atoms with van der Waals surface area (Å²) >= 11 is 0. The molecule has 15 heavy (non-hydrogen) atoms. The molecule has 2 fully saturated rings. The smallest absolute Gasteiger partial charge is 0.410 e. The van der Waals surface area contributed by atoms with E-state index in [1.807, 2.05) is 0 Å². The van der Waals surface area contributed by atoms with E-state index in [1.165, 1.54) is 0 Å². The molecule has 0 aromatic heterocycles. The Morgan fingerprint density at radius 1 is 1.27 bits per heavy atom. The second-order valence-electron chi connectivity index (χ2n) is 3.77. The van der Waals surface area contributed by atoms with Crippen molar-refractivity contribution < 1.29 is 30.0 Å². The van der Waals surface area contributed by atoms with Gasteiger partial charge in [-0.2, -0.15) is 0 Å². The molecule has 7 heteroatoms. The Morgan fingerprint density at radius 2 is 1.93 bits per heavy atom. The van der Waals surface area contributed by atoms with Gasteiger partial charge in [0.1, 0.15) is 24.9 Å². The monoisotopic (exact) mass is 219 g/mol. The minimum absolute atomic E-state index is 0.0414. The Bertz CT molecular complexity index is 272. The summed E-state index contributed by atoms with van der Waals surface area (Å²) in [5, 5.41) is 37.6. The molecule has 0 aliphatic carbocycles. The van der Waals surface area contributed by atoms with E-state index in [9.17, 15) is 20.1 Å². The molecule has 0 aromatic carbocycles. The fourth-order valence-corrected chi connectivity index (χ4v) is 2.11. The van der Waals surface area contributed by atoms with E-state index in [2.05, 4.69) is 0 Å². The topological polar surface area (TPSA) is 110 Å². The average Bonchev–Trinajstić information content (AvgIpc) is 2.59. The van der Waals surface area contributed by atoms with Gasteiger partial charge < -0.3 is 25.2 Å². The van der Waals surface area contributed by atoms with E-state index in [1.54, 1.807) is 0 Å². The van der Waals surface area contributed by atoms with Gasteiger partial charge in [0.05, 0.1) is 18.7 Å². The molecular weight excluding hydrogens is 206 g/mol. The second kappa shape index (κ2) is 3.60. The lowest BCUT2D eigenvalue weighted by Crippen LogP contribution is -2.66. The van der Waals surface area contributed by atoms with Crippen molar-refractivity contribution in [1.82, 2.24) is 4.90 Å². The number of amides is 1. The lowest BCUT2D eigenvalue weighted by atomic mass is 9.89. The van der Waals surface area contributed by atoms with E-state index in [0.29, 0.717) is 0 Å². The molecule has 2 heterocycles. The van der Waals surface area contributed by atoms with Crippen LogP contribution in [0, 0.1) is 0 Å². The highest BCUT2D eigenvalue weighted by Gasteiger charge is 2.53. The van der Waals surface area contributed by atoms with E-state index in [-0.39, 0.29) is 6.61 Å². The first-order valence-electron chi connectivity index (χ1n) is 4.68. The van der Waals surface area contributed by atoms with Crippen LogP contribution in [0.15, 0.2) is 0 Å². The van der Waals surface area contributed by atoms with Gasteiger partial charge in [0.15, 0.2) is 0 Å². The van der Waals surface area contributed by atoms with Gasteiger partial charge >= 0.3 is 6.09 Å². The second-order valence-corrected chi connectivity index (χ2v) is 3.77. The van der Waals surface area contributed by atoms with Crippen LogP contribution in [0.4, 0.5) is 4.79 Å².